The van der Waals surface area contributed by atoms with Gasteiger partial charge in [-0.3, -0.25) is 0 Å². The van der Waals surface area contributed by atoms with E-state index in [2.05, 4.69) is 92.7 Å². The zero-order valence-electron chi connectivity index (χ0n) is 13.8. The molecule has 1 heteroatoms. The molecule has 0 spiro atoms. The van der Waals surface area contributed by atoms with E-state index in [0.29, 0.717) is 0 Å². The summed E-state index contributed by atoms with van der Waals surface area (Å²) in [7, 11) is -0.0379. The Balaban J connectivity index is 2.21. The highest BCUT2D eigenvalue weighted by Gasteiger charge is 2.31. The lowest BCUT2D eigenvalue weighted by atomic mass is 10.0. The molecule has 0 fully saturated rings. The largest absolute Gasteiger partial charge is 0.170 e. The third kappa shape index (κ3) is 3.35. The maximum atomic E-state index is 2.32. The molecule has 0 radical (unpaired) electrons. The van der Waals surface area contributed by atoms with Crippen molar-refractivity contribution in [1.29, 1.82) is 0 Å². The molecule has 116 valence electrons. The second-order valence-corrected chi connectivity index (χ2v) is 7.53. The standard InChI is InChI=1S/C22H23S/c1-3-18-12-11-17-22(21(18)4-2)23(19-13-7-5-8-14-19)20-15-9-6-10-16-20/h5-17H,3-4H2,1-2H3/q+1. The fourth-order valence-corrected chi connectivity index (χ4v) is 5.41. The average molecular weight is 319 g/mol. The fourth-order valence-electron chi connectivity index (χ4n) is 3.04. The van der Waals surface area contributed by atoms with Crippen LogP contribution in [0.5, 0.6) is 0 Å². The van der Waals surface area contributed by atoms with Crippen molar-refractivity contribution >= 4 is 10.9 Å². The molecule has 0 atom stereocenters. The van der Waals surface area contributed by atoms with Crippen molar-refractivity contribution in [3.63, 3.8) is 0 Å². The Morgan fingerprint density at radius 1 is 0.609 bits per heavy atom. The molecule has 0 saturated carbocycles. The molecule has 0 aliphatic rings. The molecule has 0 nitrogen and oxygen atoms in total. The van der Waals surface area contributed by atoms with E-state index in [1.54, 1.807) is 0 Å². The van der Waals surface area contributed by atoms with Gasteiger partial charge < -0.3 is 0 Å². The third-order valence-corrected chi connectivity index (χ3v) is 6.45. The summed E-state index contributed by atoms with van der Waals surface area (Å²) in [5.74, 6) is 0. The monoisotopic (exact) mass is 319 g/mol. The maximum Gasteiger partial charge on any atom is 0.170 e. The van der Waals surface area contributed by atoms with Gasteiger partial charge in [-0.2, -0.15) is 0 Å². The Hall–Kier alpha value is -1.99. The van der Waals surface area contributed by atoms with Crippen LogP contribution >= 0.6 is 0 Å². The quantitative estimate of drug-likeness (QED) is 0.513. The predicted octanol–water partition coefficient (Wildman–Crippen LogP) is 5.91. The SMILES string of the molecule is CCc1cccc([S+](c2ccccc2)c2ccccc2)c1CC. The highest BCUT2D eigenvalue weighted by molar-refractivity contribution is 7.97. The summed E-state index contributed by atoms with van der Waals surface area (Å²) in [5, 5.41) is 0. The topological polar surface area (TPSA) is 0 Å². The van der Waals surface area contributed by atoms with Gasteiger partial charge in [-0.25, -0.2) is 0 Å². The van der Waals surface area contributed by atoms with Gasteiger partial charge in [0.1, 0.15) is 0 Å². The van der Waals surface area contributed by atoms with Gasteiger partial charge >= 0.3 is 0 Å². The van der Waals surface area contributed by atoms with Gasteiger partial charge in [-0.05, 0) is 48.7 Å². The van der Waals surface area contributed by atoms with Crippen LogP contribution in [0.4, 0.5) is 0 Å². The van der Waals surface area contributed by atoms with Crippen LogP contribution in [0.25, 0.3) is 0 Å². The van der Waals surface area contributed by atoms with Crippen molar-refractivity contribution < 1.29 is 0 Å². The van der Waals surface area contributed by atoms with Gasteiger partial charge in [0.25, 0.3) is 0 Å². The van der Waals surface area contributed by atoms with Gasteiger partial charge in [0.2, 0.25) is 0 Å². The first-order chi connectivity index (χ1) is 11.3. The van der Waals surface area contributed by atoms with Crippen LogP contribution in [0.15, 0.2) is 93.5 Å². The van der Waals surface area contributed by atoms with E-state index >= 15 is 0 Å². The Morgan fingerprint density at radius 2 is 1.17 bits per heavy atom. The van der Waals surface area contributed by atoms with Gasteiger partial charge in [0.05, 0.1) is 10.9 Å². The minimum Gasteiger partial charge on any atom is -0.0619 e. The van der Waals surface area contributed by atoms with Gasteiger partial charge in [-0.1, -0.05) is 62.4 Å². The third-order valence-electron chi connectivity index (χ3n) is 4.14. The van der Waals surface area contributed by atoms with E-state index < -0.39 is 0 Å². The highest BCUT2D eigenvalue weighted by Crippen LogP contribution is 2.34. The Morgan fingerprint density at radius 3 is 1.65 bits per heavy atom. The van der Waals surface area contributed by atoms with Crippen LogP contribution in [0.3, 0.4) is 0 Å². The molecule has 0 heterocycles. The van der Waals surface area contributed by atoms with Crippen LogP contribution in [0, 0.1) is 0 Å². The zero-order valence-corrected chi connectivity index (χ0v) is 14.6. The van der Waals surface area contributed by atoms with Crippen molar-refractivity contribution in [3.05, 3.63) is 90.0 Å². The normalized spacial score (nSPS) is 10.9. The molecule has 3 rings (SSSR count). The lowest BCUT2D eigenvalue weighted by Gasteiger charge is -2.14. The van der Waals surface area contributed by atoms with E-state index in [1.807, 2.05) is 0 Å². The van der Waals surface area contributed by atoms with Crippen LogP contribution in [-0.2, 0) is 23.7 Å². The first-order valence-electron chi connectivity index (χ1n) is 8.30. The molecule has 23 heavy (non-hydrogen) atoms. The first kappa shape index (κ1) is 15.9. The summed E-state index contributed by atoms with van der Waals surface area (Å²) in [6.07, 6.45) is 2.18. The van der Waals surface area contributed by atoms with Crippen LogP contribution in [-0.4, -0.2) is 0 Å². The van der Waals surface area contributed by atoms with E-state index in [0.717, 1.165) is 12.8 Å². The lowest BCUT2D eigenvalue weighted by molar-refractivity contribution is 0.993. The van der Waals surface area contributed by atoms with Gasteiger partial charge in [0.15, 0.2) is 14.7 Å². The van der Waals surface area contributed by atoms with E-state index in [-0.39, 0.29) is 10.9 Å². The molecule has 0 amide bonds. The van der Waals surface area contributed by atoms with Crippen molar-refractivity contribution in [3.8, 4) is 0 Å². The summed E-state index contributed by atoms with van der Waals surface area (Å²) in [6.45, 7) is 4.52. The second-order valence-electron chi connectivity index (χ2n) is 5.53. The minimum atomic E-state index is -0.0379. The smallest absolute Gasteiger partial charge is 0.0619 e. The summed E-state index contributed by atoms with van der Waals surface area (Å²) in [6, 6.07) is 28.6. The van der Waals surface area contributed by atoms with Gasteiger partial charge in [-0.15, -0.1) is 0 Å². The second kappa shape index (κ2) is 7.52. The molecule has 0 aromatic heterocycles. The summed E-state index contributed by atoms with van der Waals surface area (Å²) < 4.78 is 0. The number of aryl methyl sites for hydroxylation is 1. The summed E-state index contributed by atoms with van der Waals surface area (Å²) in [4.78, 5) is 4.26. The number of hydrogen-bond acceptors (Lipinski definition) is 0. The van der Waals surface area contributed by atoms with Crippen LogP contribution in [0.1, 0.15) is 25.0 Å². The van der Waals surface area contributed by atoms with Gasteiger partial charge in [0, 0.05) is 5.56 Å². The highest BCUT2D eigenvalue weighted by atomic mass is 32.2. The summed E-state index contributed by atoms with van der Waals surface area (Å²) >= 11 is 0. The lowest BCUT2D eigenvalue weighted by Crippen LogP contribution is -2.09. The molecular formula is C22H23S+. The number of rotatable bonds is 5. The molecule has 3 aromatic rings. The maximum absolute atomic E-state index is 2.32. The van der Waals surface area contributed by atoms with Crippen molar-refractivity contribution in [2.24, 2.45) is 0 Å². The van der Waals surface area contributed by atoms with E-state index in [4.69, 9.17) is 0 Å². The molecule has 0 N–H and O–H groups in total. The predicted molar refractivity (Wildman–Crippen MR) is 100 cm³/mol. The number of benzene rings is 3. The first-order valence-corrected chi connectivity index (χ1v) is 9.52. The summed E-state index contributed by atoms with van der Waals surface area (Å²) in [5.41, 5.74) is 3.00. The molecule has 0 aliphatic heterocycles. The molecule has 0 unspecified atom stereocenters. The van der Waals surface area contributed by atoms with E-state index in [1.165, 1.54) is 25.8 Å². The van der Waals surface area contributed by atoms with E-state index in [9.17, 15) is 0 Å². The van der Waals surface area contributed by atoms with Crippen molar-refractivity contribution in [2.75, 3.05) is 0 Å². The Kier molecular flexibility index (Phi) is 5.19. The molecule has 0 aliphatic carbocycles. The molecular weight excluding hydrogens is 296 g/mol. The Labute approximate surface area is 142 Å². The molecule has 3 aromatic carbocycles. The minimum absolute atomic E-state index is 0.0379. The zero-order chi connectivity index (χ0) is 16.1. The number of hydrogen-bond donors (Lipinski definition) is 0. The molecule has 0 bridgehead atoms. The van der Waals surface area contributed by atoms with Crippen LogP contribution < -0.4 is 0 Å². The van der Waals surface area contributed by atoms with Crippen molar-refractivity contribution in [1.82, 2.24) is 0 Å². The Bertz CT molecular complexity index is 708. The fraction of sp³-hybridized carbons (Fsp3) is 0.182. The van der Waals surface area contributed by atoms with Crippen LogP contribution in [0.2, 0.25) is 0 Å². The molecule has 0 saturated heterocycles. The average Bonchev–Trinajstić information content (AvgIpc) is 2.63. The van der Waals surface area contributed by atoms with Crippen molar-refractivity contribution in [2.45, 2.75) is 41.4 Å².